The lowest BCUT2D eigenvalue weighted by molar-refractivity contribution is 0.182. The van der Waals surface area contributed by atoms with E-state index in [-0.39, 0.29) is 24.0 Å². The Morgan fingerprint density at radius 2 is 2.00 bits per heavy atom. The second kappa shape index (κ2) is 10.9. The third-order valence-electron chi connectivity index (χ3n) is 7.19. The van der Waals surface area contributed by atoms with Crippen LogP contribution in [0.1, 0.15) is 38.7 Å². The first-order valence-electron chi connectivity index (χ1n) is 13.1. The Hall–Kier alpha value is -3.46. The first-order valence-corrected chi connectivity index (χ1v) is 13.1. The minimum atomic E-state index is -0.624. The van der Waals surface area contributed by atoms with Crippen LogP contribution in [-0.4, -0.2) is 67.0 Å². The highest BCUT2D eigenvalue weighted by molar-refractivity contribution is 6.16. The van der Waals surface area contributed by atoms with Gasteiger partial charge < -0.3 is 15.4 Å². The fourth-order valence-electron chi connectivity index (χ4n) is 5.44. The molecule has 3 heterocycles. The van der Waals surface area contributed by atoms with E-state index in [9.17, 15) is 9.18 Å². The van der Waals surface area contributed by atoms with Crippen molar-refractivity contribution in [1.82, 2.24) is 15.5 Å². The number of carbonyl (C=O) groups is 1. The van der Waals surface area contributed by atoms with Crippen LogP contribution in [0, 0.1) is 5.82 Å². The highest BCUT2D eigenvalue weighted by Crippen LogP contribution is 2.39. The lowest BCUT2D eigenvalue weighted by Crippen LogP contribution is -2.61. The molecular weight excluding hydrogens is 471 g/mol. The number of hydrogen-bond acceptors (Lipinski definition) is 6. The monoisotopic (exact) mass is 506 g/mol. The number of carbonyl (C=O) groups excluding carboxylic acids is 1. The Morgan fingerprint density at radius 1 is 1.19 bits per heavy atom. The van der Waals surface area contributed by atoms with Gasteiger partial charge in [-0.2, -0.15) is 4.99 Å². The van der Waals surface area contributed by atoms with Crippen LogP contribution < -0.4 is 20.3 Å². The highest BCUT2D eigenvalue weighted by Gasteiger charge is 2.51. The summed E-state index contributed by atoms with van der Waals surface area (Å²) in [6, 6.07) is 14.3. The van der Waals surface area contributed by atoms with Crippen molar-refractivity contribution >= 4 is 23.9 Å². The number of rotatable bonds is 8. The van der Waals surface area contributed by atoms with Gasteiger partial charge in [-0.25, -0.2) is 9.18 Å². The molecule has 0 aliphatic carbocycles. The molecule has 9 heteroatoms. The molecule has 2 aromatic carbocycles. The molecule has 0 saturated carbocycles. The average molecular weight is 507 g/mol. The summed E-state index contributed by atoms with van der Waals surface area (Å²) in [5.74, 6) is 1.19. The zero-order valence-corrected chi connectivity index (χ0v) is 21.5. The number of amidine groups is 1. The van der Waals surface area contributed by atoms with E-state index in [0.717, 1.165) is 38.3 Å². The minimum absolute atomic E-state index is 0.126. The number of amides is 2. The number of ether oxygens (including phenoxy) is 1. The van der Waals surface area contributed by atoms with Crippen molar-refractivity contribution in [3.05, 3.63) is 59.9 Å². The van der Waals surface area contributed by atoms with Gasteiger partial charge in [0.05, 0.1) is 18.5 Å². The first kappa shape index (κ1) is 25.2. The second-order valence-corrected chi connectivity index (χ2v) is 10.2. The van der Waals surface area contributed by atoms with E-state index in [4.69, 9.17) is 4.74 Å². The van der Waals surface area contributed by atoms with Gasteiger partial charge in [0.1, 0.15) is 22.9 Å². The fraction of sp³-hybridized carbons (Fsp3) is 0.464. The molecule has 0 radical (unpaired) electrons. The van der Waals surface area contributed by atoms with Crippen molar-refractivity contribution in [2.45, 2.75) is 57.3 Å². The molecule has 3 aliphatic rings. The predicted molar refractivity (Wildman–Crippen MR) is 144 cm³/mol. The Bertz CT molecular complexity index is 1170. The number of anilines is 1. The number of halogens is 1. The van der Waals surface area contributed by atoms with Crippen molar-refractivity contribution in [3.8, 4) is 5.75 Å². The number of nitrogens with zero attached hydrogens (tertiary/aromatic N) is 4. The Morgan fingerprint density at radius 3 is 2.73 bits per heavy atom. The first-order chi connectivity index (χ1) is 17.9. The molecule has 0 bridgehead atoms. The molecular formula is C28H35FN6O2. The van der Waals surface area contributed by atoms with Gasteiger partial charge in [-0.1, -0.05) is 18.2 Å². The third-order valence-corrected chi connectivity index (χ3v) is 7.19. The molecule has 1 unspecified atom stereocenters. The van der Waals surface area contributed by atoms with Crippen LogP contribution in [0.15, 0.2) is 58.5 Å². The summed E-state index contributed by atoms with van der Waals surface area (Å²) in [6.45, 7) is 7.90. The molecule has 3 aliphatic heterocycles. The van der Waals surface area contributed by atoms with Crippen LogP contribution in [0.4, 0.5) is 14.9 Å². The number of piperidine rings is 1. The molecule has 2 aromatic rings. The van der Waals surface area contributed by atoms with Crippen LogP contribution in [-0.2, 0) is 6.54 Å². The van der Waals surface area contributed by atoms with Crippen LogP contribution >= 0.6 is 0 Å². The van der Waals surface area contributed by atoms with E-state index >= 15 is 0 Å². The maximum Gasteiger partial charge on any atom is 0.350 e. The summed E-state index contributed by atoms with van der Waals surface area (Å²) in [6.07, 6.45) is 4.11. The molecule has 196 valence electrons. The smallest absolute Gasteiger partial charge is 0.350 e. The zero-order valence-electron chi connectivity index (χ0n) is 21.5. The number of hydrogen-bond donors (Lipinski definition) is 2. The lowest BCUT2D eigenvalue weighted by atomic mass is 9.84. The van der Waals surface area contributed by atoms with Crippen molar-refractivity contribution < 1.29 is 13.9 Å². The van der Waals surface area contributed by atoms with E-state index in [1.54, 1.807) is 23.4 Å². The van der Waals surface area contributed by atoms with E-state index in [1.165, 1.54) is 17.7 Å². The number of nitrogens with one attached hydrogen (secondary N) is 2. The lowest BCUT2D eigenvalue weighted by Gasteiger charge is -2.45. The average Bonchev–Trinajstić information content (AvgIpc) is 3.47. The van der Waals surface area contributed by atoms with E-state index < -0.39 is 5.54 Å². The maximum atomic E-state index is 14.2. The number of urea groups is 1. The van der Waals surface area contributed by atoms with Gasteiger partial charge >= 0.3 is 6.03 Å². The molecule has 1 spiro atoms. The van der Waals surface area contributed by atoms with Gasteiger partial charge in [0.2, 0.25) is 0 Å². The SMILES string of the molecule is CC(C)Oc1cccc(CN2CCC3(CC2)C(NCCC2CNC=N2)=NC(=O)N3c2cccc(F)c2)c1. The van der Waals surface area contributed by atoms with Crippen LogP contribution in [0.2, 0.25) is 0 Å². The molecule has 1 fully saturated rings. The molecule has 8 nitrogen and oxygen atoms in total. The van der Waals surface area contributed by atoms with Gasteiger partial charge in [-0.3, -0.25) is 14.8 Å². The van der Waals surface area contributed by atoms with Crippen molar-refractivity contribution in [3.63, 3.8) is 0 Å². The second-order valence-electron chi connectivity index (χ2n) is 10.2. The van der Waals surface area contributed by atoms with Gasteiger partial charge in [-0.05, 0) is 69.0 Å². The third kappa shape index (κ3) is 5.61. The predicted octanol–water partition coefficient (Wildman–Crippen LogP) is 3.97. The number of benzene rings is 2. The molecule has 0 aromatic heterocycles. The summed E-state index contributed by atoms with van der Waals surface area (Å²) < 4.78 is 20.0. The molecule has 5 rings (SSSR count). The Kier molecular flexibility index (Phi) is 7.41. The summed E-state index contributed by atoms with van der Waals surface area (Å²) in [5, 5.41) is 6.59. The topological polar surface area (TPSA) is 81.6 Å². The van der Waals surface area contributed by atoms with Crippen LogP contribution in [0.5, 0.6) is 5.75 Å². The number of likely N-dealkylation sites (tertiary alicyclic amines) is 1. The fourth-order valence-corrected chi connectivity index (χ4v) is 5.44. The molecule has 1 atom stereocenters. The van der Waals surface area contributed by atoms with Gasteiger partial charge in [0.25, 0.3) is 0 Å². The molecule has 2 amide bonds. The summed E-state index contributed by atoms with van der Waals surface area (Å²) in [7, 11) is 0. The quantitative estimate of drug-likeness (QED) is 0.566. The summed E-state index contributed by atoms with van der Waals surface area (Å²) >= 11 is 0. The summed E-state index contributed by atoms with van der Waals surface area (Å²) in [5.41, 5.74) is 1.11. The summed E-state index contributed by atoms with van der Waals surface area (Å²) in [4.78, 5) is 26.1. The van der Waals surface area contributed by atoms with Crippen LogP contribution in [0.25, 0.3) is 0 Å². The van der Waals surface area contributed by atoms with Crippen molar-refractivity contribution in [1.29, 1.82) is 0 Å². The minimum Gasteiger partial charge on any atom is -0.491 e. The van der Waals surface area contributed by atoms with Gasteiger partial charge in [0.15, 0.2) is 0 Å². The van der Waals surface area contributed by atoms with E-state index in [1.807, 2.05) is 26.0 Å². The van der Waals surface area contributed by atoms with Crippen molar-refractivity contribution in [2.24, 2.45) is 9.98 Å². The Balaban J connectivity index is 1.31. The van der Waals surface area contributed by atoms with Crippen molar-refractivity contribution in [2.75, 3.05) is 31.1 Å². The van der Waals surface area contributed by atoms with Crippen LogP contribution in [0.3, 0.4) is 0 Å². The van der Waals surface area contributed by atoms with E-state index in [0.29, 0.717) is 30.9 Å². The normalized spacial score (nSPS) is 21.0. The Labute approximate surface area is 217 Å². The maximum absolute atomic E-state index is 14.2. The molecule has 2 N–H and O–H groups in total. The molecule has 1 saturated heterocycles. The van der Waals surface area contributed by atoms with Gasteiger partial charge in [-0.15, -0.1) is 0 Å². The number of aliphatic imine (C=N–C) groups is 2. The van der Waals surface area contributed by atoms with Gasteiger partial charge in [0, 0.05) is 38.4 Å². The van der Waals surface area contributed by atoms with E-state index in [2.05, 4.69) is 37.7 Å². The molecule has 37 heavy (non-hydrogen) atoms. The standard InChI is InChI=1S/C28H35FN6O2/c1-20(2)37-25-8-3-5-21(15-25)18-34-13-10-28(11-14-34)26(31-12-9-23-17-30-19-32-23)33-27(36)35(28)24-7-4-6-22(29)16-24/h3-8,15-16,19-20,23H,9-14,17-18H2,1-2H3,(H,30,32)(H,31,33,36). The largest absolute Gasteiger partial charge is 0.491 e. The highest BCUT2D eigenvalue weighted by atomic mass is 19.1. The zero-order chi connectivity index (χ0) is 25.8.